The maximum absolute atomic E-state index is 10.8. The zero-order chi connectivity index (χ0) is 9.40. The average Bonchev–Trinajstić information content (AvgIpc) is 2.03. The molecule has 3 heteroatoms. The summed E-state index contributed by atoms with van der Waals surface area (Å²) in [4.78, 5) is 10.8. The predicted molar refractivity (Wildman–Crippen MR) is 47.7 cm³/mol. The van der Waals surface area contributed by atoms with E-state index < -0.39 is 0 Å². The molecule has 0 aromatic carbocycles. The van der Waals surface area contributed by atoms with Gasteiger partial charge in [-0.2, -0.15) is 0 Å². The van der Waals surface area contributed by atoms with E-state index in [4.69, 9.17) is 4.74 Å². The van der Waals surface area contributed by atoms with Gasteiger partial charge >= 0.3 is 5.97 Å². The minimum absolute atomic E-state index is 0.286. The minimum Gasteiger partial charge on any atom is -0.462 e. The van der Waals surface area contributed by atoms with Crippen molar-refractivity contribution in [1.29, 1.82) is 0 Å². The van der Waals surface area contributed by atoms with E-state index >= 15 is 0 Å². The zero-order valence-corrected chi connectivity index (χ0v) is 7.93. The first kappa shape index (κ1) is 11.2. The summed E-state index contributed by atoms with van der Waals surface area (Å²) in [5.74, 6) is -0.286. The van der Waals surface area contributed by atoms with Gasteiger partial charge in [0.15, 0.2) is 0 Å². The number of carbonyl (C=O) groups excluding carboxylic acids is 1. The highest BCUT2D eigenvalue weighted by Gasteiger charge is 2.01. The van der Waals surface area contributed by atoms with E-state index in [1.54, 1.807) is 6.92 Å². The Kier molecular flexibility index (Phi) is 6.38. The molecule has 0 unspecified atom stereocenters. The van der Waals surface area contributed by atoms with Gasteiger partial charge in [-0.1, -0.05) is 6.58 Å². The Hall–Kier alpha value is -0.830. The molecule has 0 aliphatic carbocycles. The highest BCUT2D eigenvalue weighted by atomic mass is 16.5. The quantitative estimate of drug-likeness (QED) is 0.350. The van der Waals surface area contributed by atoms with Crippen molar-refractivity contribution < 1.29 is 14.8 Å². The maximum Gasteiger partial charge on any atom is 0.333 e. The molecule has 0 bridgehead atoms. The molecule has 0 radical (unpaired) electrons. The highest BCUT2D eigenvalue weighted by Crippen LogP contribution is 1.91. The average molecular weight is 172 g/mol. The van der Waals surface area contributed by atoms with Crippen LogP contribution in [0.15, 0.2) is 12.2 Å². The van der Waals surface area contributed by atoms with Crippen molar-refractivity contribution in [3.05, 3.63) is 12.2 Å². The van der Waals surface area contributed by atoms with E-state index in [0.29, 0.717) is 12.2 Å². The van der Waals surface area contributed by atoms with Gasteiger partial charge in [0, 0.05) is 12.0 Å². The SMILES string of the molecule is C=C(C)C(=O)OCCC[NH2+]CC. The molecule has 70 valence electrons. The van der Waals surface area contributed by atoms with Gasteiger partial charge in [0.05, 0.1) is 19.7 Å². The van der Waals surface area contributed by atoms with Crippen LogP contribution >= 0.6 is 0 Å². The smallest absolute Gasteiger partial charge is 0.333 e. The third kappa shape index (κ3) is 5.92. The standard InChI is InChI=1S/C9H17NO2/c1-4-10-6-5-7-12-9(11)8(2)3/h10H,2,4-7H2,1,3H3/p+1. The molecular formula is C9H18NO2+. The van der Waals surface area contributed by atoms with Crippen molar-refractivity contribution in [3.63, 3.8) is 0 Å². The molecule has 0 saturated heterocycles. The van der Waals surface area contributed by atoms with E-state index in [1.807, 2.05) is 0 Å². The van der Waals surface area contributed by atoms with Crippen molar-refractivity contribution in [2.24, 2.45) is 0 Å². The van der Waals surface area contributed by atoms with Gasteiger partial charge in [0.2, 0.25) is 0 Å². The van der Waals surface area contributed by atoms with E-state index in [1.165, 1.54) is 0 Å². The van der Waals surface area contributed by atoms with Crippen LogP contribution < -0.4 is 5.32 Å². The molecule has 0 amide bonds. The van der Waals surface area contributed by atoms with Gasteiger partial charge in [-0.15, -0.1) is 0 Å². The van der Waals surface area contributed by atoms with Crippen molar-refractivity contribution >= 4 is 5.97 Å². The normalized spacial score (nSPS) is 9.50. The van der Waals surface area contributed by atoms with Gasteiger partial charge in [-0.3, -0.25) is 0 Å². The van der Waals surface area contributed by atoms with Gasteiger partial charge in [0.25, 0.3) is 0 Å². The van der Waals surface area contributed by atoms with Gasteiger partial charge < -0.3 is 10.1 Å². The van der Waals surface area contributed by atoms with Crippen LogP contribution in [-0.4, -0.2) is 25.7 Å². The summed E-state index contributed by atoms with van der Waals surface area (Å²) >= 11 is 0. The van der Waals surface area contributed by atoms with E-state index in [9.17, 15) is 4.79 Å². The Balaban J connectivity index is 3.20. The molecular weight excluding hydrogens is 154 g/mol. The molecule has 3 nitrogen and oxygen atoms in total. The van der Waals surface area contributed by atoms with Crippen LogP contribution in [0.3, 0.4) is 0 Å². The highest BCUT2D eigenvalue weighted by molar-refractivity contribution is 5.86. The molecule has 0 heterocycles. The summed E-state index contributed by atoms with van der Waals surface area (Å²) < 4.78 is 4.89. The second kappa shape index (κ2) is 6.85. The van der Waals surface area contributed by atoms with Gasteiger partial charge in [0.1, 0.15) is 0 Å². The lowest BCUT2D eigenvalue weighted by molar-refractivity contribution is -0.652. The van der Waals surface area contributed by atoms with Crippen LogP contribution in [0.5, 0.6) is 0 Å². The first-order chi connectivity index (χ1) is 5.68. The maximum atomic E-state index is 10.8. The predicted octanol–water partition coefficient (Wildman–Crippen LogP) is 0.0791. The molecule has 0 spiro atoms. The lowest BCUT2D eigenvalue weighted by atomic mass is 10.3. The largest absolute Gasteiger partial charge is 0.462 e. The van der Waals surface area contributed by atoms with Crippen molar-refractivity contribution in [2.75, 3.05) is 19.7 Å². The lowest BCUT2D eigenvalue weighted by Crippen LogP contribution is -2.83. The monoisotopic (exact) mass is 172 g/mol. The van der Waals surface area contributed by atoms with Crippen LogP contribution in [0, 0.1) is 0 Å². The van der Waals surface area contributed by atoms with Crippen LogP contribution in [0.4, 0.5) is 0 Å². The van der Waals surface area contributed by atoms with E-state index in [2.05, 4.69) is 18.8 Å². The first-order valence-corrected chi connectivity index (χ1v) is 4.32. The Morgan fingerprint density at radius 3 is 2.75 bits per heavy atom. The molecule has 12 heavy (non-hydrogen) atoms. The van der Waals surface area contributed by atoms with E-state index in [-0.39, 0.29) is 5.97 Å². The Bertz CT molecular complexity index is 155. The Labute approximate surface area is 73.8 Å². The number of nitrogens with two attached hydrogens (primary N) is 1. The minimum atomic E-state index is -0.286. The third-order valence-corrected chi connectivity index (χ3v) is 1.42. The molecule has 0 aromatic rings. The molecule has 0 aromatic heterocycles. The summed E-state index contributed by atoms with van der Waals surface area (Å²) in [6.07, 6.45) is 0.910. The molecule has 0 aliphatic heterocycles. The number of quaternary nitrogens is 1. The van der Waals surface area contributed by atoms with Crippen LogP contribution in [0.25, 0.3) is 0 Å². The van der Waals surface area contributed by atoms with E-state index in [0.717, 1.165) is 19.5 Å². The Morgan fingerprint density at radius 1 is 1.58 bits per heavy atom. The van der Waals surface area contributed by atoms with Crippen molar-refractivity contribution in [3.8, 4) is 0 Å². The molecule has 0 rings (SSSR count). The molecule has 0 atom stereocenters. The van der Waals surface area contributed by atoms with Crippen LogP contribution in [0.1, 0.15) is 20.3 Å². The van der Waals surface area contributed by atoms with Gasteiger partial charge in [-0.25, -0.2) is 4.79 Å². The fraction of sp³-hybridized carbons (Fsp3) is 0.667. The van der Waals surface area contributed by atoms with Crippen molar-refractivity contribution in [2.45, 2.75) is 20.3 Å². The van der Waals surface area contributed by atoms with Gasteiger partial charge in [-0.05, 0) is 13.8 Å². The van der Waals surface area contributed by atoms with Crippen molar-refractivity contribution in [1.82, 2.24) is 0 Å². The summed E-state index contributed by atoms with van der Waals surface area (Å²) in [5.41, 5.74) is 0.467. The summed E-state index contributed by atoms with van der Waals surface area (Å²) in [6, 6.07) is 0. The number of esters is 1. The van der Waals surface area contributed by atoms with Crippen LogP contribution in [0.2, 0.25) is 0 Å². The lowest BCUT2D eigenvalue weighted by Gasteiger charge is -2.02. The third-order valence-electron chi connectivity index (χ3n) is 1.42. The number of carbonyl (C=O) groups is 1. The summed E-state index contributed by atoms with van der Waals surface area (Å²) in [5, 5.41) is 2.18. The fourth-order valence-electron chi connectivity index (χ4n) is 0.720. The molecule has 0 saturated carbocycles. The molecule has 0 fully saturated rings. The fourth-order valence-corrected chi connectivity index (χ4v) is 0.720. The second-order valence-electron chi connectivity index (χ2n) is 2.76. The number of hydrogen-bond donors (Lipinski definition) is 1. The molecule has 0 aliphatic rings. The number of rotatable bonds is 6. The Morgan fingerprint density at radius 2 is 2.25 bits per heavy atom. The summed E-state index contributed by atoms with van der Waals surface area (Å²) in [7, 11) is 0. The zero-order valence-electron chi connectivity index (χ0n) is 7.93. The number of hydrogen-bond acceptors (Lipinski definition) is 2. The second-order valence-corrected chi connectivity index (χ2v) is 2.76. The number of ether oxygens (including phenoxy) is 1. The first-order valence-electron chi connectivity index (χ1n) is 4.32. The topological polar surface area (TPSA) is 42.9 Å². The molecule has 2 N–H and O–H groups in total. The van der Waals surface area contributed by atoms with Crippen LogP contribution in [-0.2, 0) is 9.53 Å². The summed E-state index contributed by atoms with van der Waals surface area (Å²) in [6.45, 7) is 9.83.